The number of carbonyl (C=O) groups is 2. The minimum absolute atomic E-state index is 0.221. The van der Waals surface area contributed by atoms with E-state index < -0.39 is 12.1 Å². The molecule has 0 aromatic rings. The van der Waals surface area contributed by atoms with Crippen LogP contribution in [0, 0.1) is 0 Å². The number of rotatable bonds is 7. The number of hydrogen-bond donors (Lipinski definition) is 1. The predicted octanol–water partition coefficient (Wildman–Crippen LogP) is 1.96. The molecule has 5 nitrogen and oxygen atoms in total. The summed E-state index contributed by atoms with van der Waals surface area (Å²) in [6, 6.07) is 0.221. The summed E-state index contributed by atoms with van der Waals surface area (Å²) in [6.45, 7) is 5.13. The molecule has 0 aromatic heterocycles. The van der Waals surface area contributed by atoms with Crippen molar-refractivity contribution in [1.82, 2.24) is 5.32 Å². The van der Waals surface area contributed by atoms with Gasteiger partial charge in [0.15, 0.2) is 12.7 Å². The first-order chi connectivity index (χ1) is 9.63. The number of ether oxygens (including phenoxy) is 2. The Labute approximate surface area is 120 Å². The van der Waals surface area contributed by atoms with Crippen molar-refractivity contribution in [2.45, 2.75) is 57.6 Å². The summed E-state index contributed by atoms with van der Waals surface area (Å²) in [5, 5.41) is 2.92. The maximum atomic E-state index is 11.7. The van der Waals surface area contributed by atoms with Crippen LogP contribution in [0.15, 0.2) is 12.7 Å². The van der Waals surface area contributed by atoms with E-state index in [1.165, 1.54) is 12.8 Å². The van der Waals surface area contributed by atoms with Crippen LogP contribution in [-0.4, -0.2) is 37.2 Å². The molecule has 114 valence electrons. The zero-order valence-corrected chi connectivity index (χ0v) is 12.2. The molecular formula is C15H25NO4. The molecule has 0 saturated heterocycles. The van der Waals surface area contributed by atoms with E-state index in [0.29, 0.717) is 0 Å². The SMILES string of the molecule is C=CCOC(C)C(=O)OCC(=O)NC1CCCCCC1. The Morgan fingerprint density at radius 3 is 2.55 bits per heavy atom. The van der Waals surface area contributed by atoms with Gasteiger partial charge in [0, 0.05) is 6.04 Å². The van der Waals surface area contributed by atoms with E-state index in [4.69, 9.17) is 9.47 Å². The molecule has 1 aliphatic carbocycles. The molecule has 1 atom stereocenters. The van der Waals surface area contributed by atoms with Crippen LogP contribution in [0.1, 0.15) is 45.4 Å². The van der Waals surface area contributed by atoms with Gasteiger partial charge in [0.25, 0.3) is 5.91 Å². The summed E-state index contributed by atoms with van der Waals surface area (Å²) >= 11 is 0. The van der Waals surface area contributed by atoms with Crippen LogP contribution in [0.25, 0.3) is 0 Å². The standard InChI is InChI=1S/C15H25NO4/c1-3-10-19-12(2)15(18)20-11-14(17)16-13-8-6-4-5-7-9-13/h3,12-13H,1,4-11H2,2H3,(H,16,17). The van der Waals surface area contributed by atoms with E-state index in [0.717, 1.165) is 25.7 Å². The van der Waals surface area contributed by atoms with Gasteiger partial charge in [0.2, 0.25) is 0 Å². The zero-order valence-electron chi connectivity index (χ0n) is 12.2. The van der Waals surface area contributed by atoms with Crippen molar-refractivity contribution in [3.63, 3.8) is 0 Å². The van der Waals surface area contributed by atoms with E-state index in [2.05, 4.69) is 11.9 Å². The quantitative estimate of drug-likeness (QED) is 0.441. The maximum Gasteiger partial charge on any atom is 0.335 e. The van der Waals surface area contributed by atoms with Gasteiger partial charge in [0.1, 0.15) is 0 Å². The monoisotopic (exact) mass is 283 g/mol. The highest BCUT2D eigenvalue weighted by Crippen LogP contribution is 2.17. The van der Waals surface area contributed by atoms with E-state index in [-0.39, 0.29) is 25.2 Å². The molecule has 1 amide bonds. The van der Waals surface area contributed by atoms with Gasteiger partial charge in [-0.15, -0.1) is 6.58 Å². The molecule has 0 aliphatic heterocycles. The van der Waals surface area contributed by atoms with Crippen molar-refractivity contribution in [1.29, 1.82) is 0 Å². The molecule has 0 aromatic carbocycles. The third-order valence-corrected chi connectivity index (χ3v) is 3.36. The summed E-state index contributed by atoms with van der Waals surface area (Å²) in [6.07, 6.45) is 7.67. The van der Waals surface area contributed by atoms with Crippen LogP contribution in [-0.2, 0) is 19.1 Å². The molecule has 20 heavy (non-hydrogen) atoms. The maximum absolute atomic E-state index is 11.7. The average molecular weight is 283 g/mol. The first-order valence-electron chi connectivity index (χ1n) is 7.32. The molecular weight excluding hydrogens is 258 g/mol. The Hall–Kier alpha value is -1.36. The van der Waals surface area contributed by atoms with E-state index >= 15 is 0 Å². The summed E-state index contributed by atoms with van der Waals surface area (Å²) in [4.78, 5) is 23.3. The van der Waals surface area contributed by atoms with Gasteiger partial charge in [-0.3, -0.25) is 4.79 Å². The molecule has 1 rings (SSSR count). The number of amides is 1. The average Bonchev–Trinajstić information content (AvgIpc) is 2.70. The second-order valence-electron chi connectivity index (χ2n) is 5.13. The van der Waals surface area contributed by atoms with Gasteiger partial charge in [-0.05, 0) is 19.8 Å². The van der Waals surface area contributed by atoms with Gasteiger partial charge in [-0.25, -0.2) is 4.79 Å². The molecule has 0 bridgehead atoms. The van der Waals surface area contributed by atoms with Gasteiger partial charge in [-0.1, -0.05) is 31.8 Å². The zero-order chi connectivity index (χ0) is 14.8. The molecule has 1 saturated carbocycles. The molecule has 1 N–H and O–H groups in total. The largest absolute Gasteiger partial charge is 0.454 e. The fourth-order valence-electron chi connectivity index (χ4n) is 2.23. The second-order valence-corrected chi connectivity index (χ2v) is 5.13. The minimum atomic E-state index is -0.682. The van der Waals surface area contributed by atoms with Crippen molar-refractivity contribution in [2.75, 3.05) is 13.2 Å². The van der Waals surface area contributed by atoms with E-state index in [1.54, 1.807) is 13.0 Å². The highest BCUT2D eigenvalue weighted by molar-refractivity contribution is 5.82. The lowest BCUT2D eigenvalue weighted by Gasteiger charge is -2.16. The van der Waals surface area contributed by atoms with Crippen molar-refractivity contribution < 1.29 is 19.1 Å². The molecule has 0 heterocycles. The van der Waals surface area contributed by atoms with Gasteiger partial charge in [0.05, 0.1) is 6.61 Å². The third-order valence-electron chi connectivity index (χ3n) is 3.36. The lowest BCUT2D eigenvalue weighted by atomic mass is 10.1. The Morgan fingerprint density at radius 1 is 1.30 bits per heavy atom. The van der Waals surface area contributed by atoms with E-state index in [1.807, 2.05) is 0 Å². The normalized spacial score (nSPS) is 17.9. The van der Waals surface area contributed by atoms with Crippen LogP contribution in [0.4, 0.5) is 0 Å². The summed E-state index contributed by atoms with van der Waals surface area (Å²) < 4.78 is 10.1. The minimum Gasteiger partial charge on any atom is -0.454 e. The van der Waals surface area contributed by atoms with Crippen molar-refractivity contribution in [3.05, 3.63) is 12.7 Å². The van der Waals surface area contributed by atoms with Crippen LogP contribution in [0.2, 0.25) is 0 Å². The Morgan fingerprint density at radius 2 is 1.95 bits per heavy atom. The number of nitrogens with one attached hydrogen (secondary N) is 1. The summed E-state index contributed by atoms with van der Waals surface area (Å²) in [5.41, 5.74) is 0. The highest BCUT2D eigenvalue weighted by atomic mass is 16.6. The van der Waals surface area contributed by atoms with Crippen molar-refractivity contribution in [2.24, 2.45) is 0 Å². The molecule has 0 radical (unpaired) electrons. The summed E-state index contributed by atoms with van der Waals surface area (Å²) in [7, 11) is 0. The number of carbonyl (C=O) groups excluding carboxylic acids is 2. The molecule has 0 spiro atoms. The topological polar surface area (TPSA) is 64.6 Å². The first kappa shape index (κ1) is 16.7. The van der Waals surface area contributed by atoms with Crippen LogP contribution in [0.5, 0.6) is 0 Å². The second kappa shape index (κ2) is 9.53. The lowest BCUT2D eigenvalue weighted by molar-refractivity contribution is -0.158. The molecule has 1 fully saturated rings. The number of esters is 1. The Balaban J connectivity index is 2.21. The van der Waals surface area contributed by atoms with Crippen LogP contribution in [0.3, 0.4) is 0 Å². The van der Waals surface area contributed by atoms with Gasteiger partial charge >= 0.3 is 5.97 Å². The van der Waals surface area contributed by atoms with Crippen molar-refractivity contribution in [3.8, 4) is 0 Å². The Bertz CT molecular complexity index is 322. The smallest absolute Gasteiger partial charge is 0.335 e. The lowest BCUT2D eigenvalue weighted by Crippen LogP contribution is -2.38. The molecule has 1 unspecified atom stereocenters. The van der Waals surface area contributed by atoms with Gasteiger partial charge in [-0.2, -0.15) is 0 Å². The fourth-order valence-corrected chi connectivity index (χ4v) is 2.23. The van der Waals surface area contributed by atoms with Crippen LogP contribution >= 0.6 is 0 Å². The highest BCUT2D eigenvalue weighted by Gasteiger charge is 2.18. The molecule has 1 aliphatic rings. The van der Waals surface area contributed by atoms with E-state index in [9.17, 15) is 9.59 Å². The Kier molecular flexibility index (Phi) is 7.95. The summed E-state index contributed by atoms with van der Waals surface area (Å²) in [5.74, 6) is -0.760. The third kappa shape index (κ3) is 6.70. The fraction of sp³-hybridized carbons (Fsp3) is 0.733. The van der Waals surface area contributed by atoms with Crippen LogP contribution < -0.4 is 5.32 Å². The van der Waals surface area contributed by atoms with Crippen molar-refractivity contribution >= 4 is 11.9 Å². The van der Waals surface area contributed by atoms with Gasteiger partial charge < -0.3 is 14.8 Å². The molecule has 5 heteroatoms. The number of hydrogen-bond acceptors (Lipinski definition) is 4. The predicted molar refractivity (Wildman–Crippen MR) is 76.2 cm³/mol. The first-order valence-corrected chi connectivity index (χ1v) is 7.32.